The predicted octanol–water partition coefficient (Wildman–Crippen LogP) is 11.0. The highest BCUT2D eigenvalue weighted by Crippen LogP contribution is 2.55. The first-order valence-electron chi connectivity index (χ1n) is 22.6. The van der Waals surface area contributed by atoms with Crippen LogP contribution in [0.3, 0.4) is 0 Å². The van der Waals surface area contributed by atoms with E-state index in [0.717, 1.165) is 60.6 Å². The number of carbonyl (C=O) groups is 3. The molecule has 2 heterocycles. The lowest BCUT2D eigenvalue weighted by Crippen LogP contribution is -2.61. The van der Waals surface area contributed by atoms with Crippen LogP contribution in [0, 0.1) is 6.92 Å². The Balaban J connectivity index is 1.09. The summed E-state index contributed by atoms with van der Waals surface area (Å²) in [6.45, 7) is 7.77. The lowest BCUT2D eigenvalue weighted by Gasteiger charge is -2.47. The fourth-order valence-electron chi connectivity index (χ4n) is 9.96. The van der Waals surface area contributed by atoms with Crippen LogP contribution in [0.5, 0.6) is 0 Å². The highest BCUT2D eigenvalue weighted by molar-refractivity contribution is 8.02. The van der Waals surface area contributed by atoms with Crippen molar-refractivity contribution in [2.75, 3.05) is 13.6 Å². The Morgan fingerprint density at radius 3 is 1.79 bits per heavy atom. The van der Waals surface area contributed by atoms with Gasteiger partial charge in [-0.2, -0.15) is 0 Å². The van der Waals surface area contributed by atoms with Crippen LogP contribution < -0.4 is 5.32 Å². The Bertz CT molecular complexity index is 2730. The molecular formula is C56H54N4O5S2. The number of rotatable bonds is 13. The average Bonchev–Trinajstić information content (AvgIpc) is 4.06. The fourth-order valence-corrected chi connectivity index (χ4v) is 12.7. The van der Waals surface area contributed by atoms with E-state index in [-0.39, 0.29) is 18.9 Å². The molecule has 1 fully saturated rings. The molecule has 0 radical (unpaired) electrons. The Hall–Kier alpha value is -6.53. The minimum absolute atomic E-state index is 0.0416. The molecular weight excluding hydrogens is 873 g/mol. The number of benzene rings is 6. The van der Waals surface area contributed by atoms with Crippen molar-refractivity contribution in [1.82, 2.24) is 20.1 Å². The summed E-state index contributed by atoms with van der Waals surface area (Å²) < 4.78 is 4.53. The van der Waals surface area contributed by atoms with Gasteiger partial charge < -0.3 is 20.1 Å². The molecule has 0 saturated carbocycles. The highest BCUT2D eigenvalue weighted by Gasteiger charge is 2.53. The minimum Gasteiger partial charge on any atom is -0.436 e. The molecule has 67 heavy (non-hydrogen) atoms. The number of likely N-dealkylation sites (tertiary alicyclic amines) is 1. The van der Waals surface area contributed by atoms with Crippen molar-refractivity contribution in [1.29, 1.82) is 0 Å². The van der Waals surface area contributed by atoms with Crippen molar-refractivity contribution in [3.05, 3.63) is 208 Å². The van der Waals surface area contributed by atoms with E-state index in [0.29, 0.717) is 0 Å². The molecule has 1 aromatic heterocycles. The molecule has 1 saturated heterocycles. The molecule has 1 aliphatic heterocycles. The number of hydrogen-bond acceptors (Lipinski definition) is 8. The summed E-state index contributed by atoms with van der Waals surface area (Å²) in [5.41, 5.74) is 11.4. The van der Waals surface area contributed by atoms with Gasteiger partial charge in [0.15, 0.2) is 6.10 Å². The number of fused-ring (bicyclic) bond motifs is 3. The first-order chi connectivity index (χ1) is 32.4. The van der Waals surface area contributed by atoms with Gasteiger partial charge in [-0.15, -0.1) is 23.1 Å². The molecule has 0 spiro atoms. The van der Waals surface area contributed by atoms with E-state index in [1.165, 1.54) is 9.80 Å². The maximum atomic E-state index is 15.8. The summed E-state index contributed by atoms with van der Waals surface area (Å²) in [5, 5.41) is 14.5. The van der Waals surface area contributed by atoms with Crippen LogP contribution in [0.1, 0.15) is 78.4 Å². The lowest BCUT2D eigenvalue weighted by atomic mass is 9.84. The zero-order chi connectivity index (χ0) is 46.9. The van der Waals surface area contributed by atoms with Gasteiger partial charge in [-0.05, 0) is 66.6 Å². The van der Waals surface area contributed by atoms with Crippen molar-refractivity contribution >= 4 is 41.0 Å². The van der Waals surface area contributed by atoms with Crippen molar-refractivity contribution in [3.63, 3.8) is 0 Å². The molecule has 0 unspecified atom stereocenters. The van der Waals surface area contributed by atoms with E-state index in [2.05, 4.69) is 46.7 Å². The van der Waals surface area contributed by atoms with Gasteiger partial charge in [-0.1, -0.05) is 164 Å². The van der Waals surface area contributed by atoms with Gasteiger partial charge in [0.1, 0.15) is 12.1 Å². The van der Waals surface area contributed by atoms with Gasteiger partial charge in [-0.3, -0.25) is 14.5 Å². The molecule has 1 aliphatic carbocycles. The molecule has 9 rings (SSSR count). The fraction of sp³-hybridized carbons (Fsp3) is 0.250. The van der Waals surface area contributed by atoms with Crippen LogP contribution in [-0.4, -0.2) is 74.3 Å². The van der Waals surface area contributed by atoms with E-state index < -0.39 is 51.8 Å². The van der Waals surface area contributed by atoms with E-state index >= 15 is 4.79 Å². The van der Waals surface area contributed by atoms with Crippen LogP contribution in [-0.2, 0) is 19.1 Å². The number of nitrogens with zero attached hydrogens (tertiary/aromatic N) is 3. The number of hydrogen-bond donors (Lipinski definition) is 2. The summed E-state index contributed by atoms with van der Waals surface area (Å²) >= 11 is 3.15. The molecule has 0 bridgehead atoms. The maximum Gasteiger partial charge on any atom is 0.411 e. The zero-order valence-electron chi connectivity index (χ0n) is 38.2. The van der Waals surface area contributed by atoms with Gasteiger partial charge in [0.25, 0.3) is 0 Å². The van der Waals surface area contributed by atoms with Crippen molar-refractivity contribution in [2.24, 2.45) is 0 Å². The largest absolute Gasteiger partial charge is 0.436 e. The first kappa shape index (κ1) is 45.6. The number of aliphatic hydroxyl groups is 1. The number of aryl methyl sites for hydroxylation is 1. The summed E-state index contributed by atoms with van der Waals surface area (Å²) in [7, 11) is 1.61. The minimum atomic E-state index is -1.20. The van der Waals surface area contributed by atoms with Crippen molar-refractivity contribution in [2.45, 2.75) is 73.9 Å². The quantitative estimate of drug-likeness (QED) is 0.111. The predicted molar refractivity (Wildman–Crippen MR) is 268 cm³/mol. The Labute approximate surface area is 400 Å². The maximum absolute atomic E-state index is 15.8. The molecule has 340 valence electrons. The second-order valence-electron chi connectivity index (χ2n) is 18.0. The number of carbonyl (C=O) groups excluding carboxylic acids is 3. The summed E-state index contributed by atoms with van der Waals surface area (Å²) in [4.78, 5) is 53.6. The standard InChI is InChI=1S/C56H54N4O5S2/c1-36(38-29-31-39(32-30-38)50-37(2)57-35-66-50)58-52(62)48-33-43(61)34-60(48)53(63)51(59(5)54(64)65-49-46-27-17-15-25-44(46)45-26-16-18-28-47(45)49)55(3,4)67-56(40-19-9-6-10-20-40,41-21-11-7-12-22-41)42-23-13-8-14-24-42/h6-32,35-36,43,48-49,51,61H,33-34H2,1-5H3,(H,58,62)/t36-,43+,48-,51+/m0/s1. The van der Waals surface area contributed by atoms with Crippen LogP contribution in [0.2, 0.25) is 0 Å². The first-order valence-corrected chi connectivity index (χ1v) is 24.3. The molecule has 6 aromatic carbocycles. The van der Waals surface area contributed by atoms with E-state index in [1.807, 2.05) is 161 Å². The SMILES string of the molecule is Cc1ncsc1-c1ccc([C@H](C)NC(=O)[C@@H]2C[C@@H](O)CN2C(=O)[C@@H](N(C)C(=O)OC2c3ccccc3-c3ccccc32)C(C)(C)SC(c2ccccc2)(c2ccccc2)c2ccccc2)cc1. The van der Waals surface area contributed by atoms with E-state index in [9.17, 15) is 14.7 Å². The molecule has 2 N–H and O–H groups in total. The van der Waals surface area contributed by atoms with Crippen molar-refractivity contribution in [3.8, 4) is 21.6 Å². The Kier molecular flexibility index (Phi) is 12.9. The van der Waals surface area contributed by atoms with E-state index in [1.54, 1.807) is 30.1 Å². The monoisotopic (exact) mass is 926 g/mol. The summed E-state index contributed by atoms with van der Waals surface area (Å²) in [6.07, 6.45) is -2.33. The van der Waals surface area contributed by atoms with Gasteiger partial charge >= 0.3 is 6.09 Å². The van der Waals surface area contributed by atoms with Gasteiger partial charge in [0.05, 0.1) is 33.0 Å². The second kappa shape index (κ2) is 19.0. The third kappa shape index (κ3) is 8.79. The van der Waals surface area contributed by atoms with Crippen LogP contribution in [0.25, 0.3) is 21.6 Å². The van der Waals surface area contributed by atoms with Gasteiger partial charge in [0.2, 0.25) is 11.8 Å². The number of ether oxygens (including phenoxy) is 1. The molecule has 2 aliphatic rings. The Morgan fingerprint density at radius 1 is 0.776 bits per heavy atom. The van der Waals surface area contributed by atoms with Crippen LogP contribution >= 0.6 is 23.1 Å². The normalized spacial score (nSPS) is 16.7. The van der Waals surface area contributed by atoms with Gasteiger partial charge in [-0.25, -0.2) is 9.78 Å². The number of amides is 3. The third-order valence-electron chi connectivity index (χ3n) is 13.2. The Morgan fingerprint density at radius 2 is 1.28 bits per heavy atom. The van der Waals surface area contributed by atoms with Crippen molar-refractivity contribution < 1.29 is 24.2 Å². The van der Waals surface area contributed by atoms with E-state index in [4.69, 9.17) is 4.74 Å². The molecule has 3 amide bonds. The number of β-amino-alcohol motifs (C(OH)–C–C–N with tert-alkyl or cyclic N) is 1. The van der Waals surface area contributed by atoms with Crippen LogP contribution in [0.4, 0.5) is 4.79 Å². The summed E-state index contributed by atoms with van der Waals surface area (Å²) in [6, 6.07) is 51.8. The number of nitrogens with one attached hydrogen (secondary N) is 1. The van der Waals surface area contributed by atoms with Crippen LogP contribution in [0.15, 0.2) is 169 Å². The van der Waals surface area contributed by atoms with Gasteiger partial charge in [0, 0.05) is 35.9 Å². The molecule has 11 heteroatoms. The number of aliphatic hydroxyl groups excluding tert-OH is 1. The number of thioether (sulfide) groups is 1. The lowest BCUT2D eigenvalue weighted by molar-refractivity contribution is -0.143. The number of aromatic nitrogens is 1. The number of thiazole rings is 1. The third-order valence-corrected chi connectivity index (χ3v) is 15.9. The molecule has 7 aromatic rings. The molecule has 4 atom stereocenters. The smallest absolute Gasteiger partial charge is 0.411 e. The highest BCUT2D eigenvalue weighted by atomic mass is 32.2. The number of likely N-dealkylation sites (N-methyl/N-ethyl adjacent to an activating group) is 1. The molecule has 9 nitrogen and oxygen atoms in total. The topological polar surface area (TPSA) is 112 Å². The average molecular weight is 927 g/mol. The summed E-state index contributed by atoms with van der Waals surface area (Å²) in [5.74, 6) is -0.860. The zero-order valence-corrected chi connectivity index (χ0v) is 39.8. The second-order valence-corrected chi connectivity index (χ2v) is 20.7.